The molecule has 1 aromatic carbocycles. The van der Waals surface area contributed by atoms with E-state index in [2.05, 4.69) is 5.43 Å². The van der Waals surface area contributed by atoms with Gasteiger partial charge in [-0.15, -0.1) is 0 Å². The normalized spacial score (nSPS) is 9.00. The fourth-order valence-corrected chi connectivity index (χ4v) is 0.987. The molecule has 0 aliphatic carbocycles. The summed E-state index contributed by atoms with van der Waals surface area (Å²) in [5, 5.41) is 0.471. The van der Waals surface area contributed by atoms with Gasteiger partial charge in [0.15, 0.2) is 0 Å². The highest BCUT2D eigenvalue weighted by Gasteiger charge is 2.03. The number of carbonyl (C=O) groups excluding carboxylic acids is 2. The Morgan fingerprint density at radius 3 is 2.85 bits per heavy atom. The van der Waals surface area contributed by atoms with Crippen molar-refractivity contribution < 1.29 is 9.59 Å². The van der Waals surface area contributed by atoms with Gasteiger partial charge in [0.2, 0.25) is 6.41 Å². The Morgan fingerprint density at radius 2 is 2.23 bits per heavy atom. The fraction of sp³-hybridized carbons (Fsp3) is 0. The molecule has 13 heavy (non-hydrogen) atoms. The Labute approximate surface area is 79.9 Å². The fourth-order valence-electron chi connectivity index (χ4n) is 0.797. The standard InChI is InChI=1S/C8H7ClN2O2/c9-7-3-1-2-6(4-7)8(13)11-10-5-12/h1-5H,(H,10,12)(H,11,13). The second kappa shape index (κ2) is 4.47. The van der Waals surface area contributed by atoms with Gasteiger partial charge in [0.1, 0.15) is 0 Å². The molecule has 0 unspecified atom stereocenters. The van der Waals surface area contributed by atoms with Crippen molar-refractivity contribution in [3.63, 3.8) is 0 Å². The average Bonchev–Trinajstić information content (AvgIpc) is 2.14. The first-order valence-electron chi connectivity index (χ1n) is 3.49. The third-order valence-corrected chi connectivity index (χ3v) is 1.57. The van der Waals surface area contributed by atoms with Crippen molar-refractivity contribution in [3.05, 3.63) is 34.9 Å². The lowest BCUT2D eigenvalue weighted by molar-refractivity contribution is -0.110. The summed E-state index contributed by atoms with van der Waals surface area (Å²) in [5.41, 5.74) is 4.59. The highest BCUT2D eigenvalue weighted by Crippen LogP contribution is 2.09. The topological polar surface area (TPSA) is 58.2 Å². The largest absolute Gasteiger partial charge is 0.277 e. The molecule has 2 amide bonds. The molecule has 1 aromatic rings. The van der Waals surface area contributed by atoms with Gasteiger partial charge in [-0.3, -0.25) is 20.4 Å². The van der Waals surface area contributed by atoms with E-state index in [0.29, 0.717) is 17.0 Å². The number of halogens is 1. The van der Waals surface area contributed by atoms with E-state index in [0.717, 1.165) is 0 Å². The molecule has 2 N–H and O–H groups in total. The summed E-state index contributed by atoms with van der Waals surface area (Å²) in [6.07, 6.45) is 0.377. The zero-order valence-corrected chi connectivity index (χ0v) is 7.34. The van der Waals surface area contributed by atoms with Crippen LogP contribution >= 0.6 is 11.6 Å². The summed E-state index contributed by atoms with van der Waals surface area (Å²) in [5.74, 6) is -0.408. The van der Waals surface area contributed by atoms with E-state index < -0.39 is 5.91 Å². The van der Waals surface area contributed by atoms with E-state index in [9.17, 15) is 9.59 Å². The van der Waals surface area contributed by atoms with E-state index in [1.807, 2.05) is 5.43 Å². The van der Waals surface area contributed by atoms with Crippen molar-refractivity contribution in [2.45, 2.75) is 0 Å². The van der Waals surface area contributed by atoms with Gasteiger partial charge >= 0.3 is 0 Å². The quantitative estimate of drug-likeness (QED) is 0.556. The Morgan fingerprint density at radius 1 is 1.46 bits per heavy atom. The lowest BCUT2D eigenvalue weighted by Crippen LogP contribution is -2.36. The Balaban J connectivity index is 2.71. The van der Waals surface area contributed by atoms with Crippen molar-refractivity contribution in [3.8, 4) is 0 Å². The maximum absolute atomic E-state index is 11.2. The molecule has 0 saturated carbocycles. The lowest BCUT2D eigenvalue weighted by Gasteiger charge is -2.02. The molecule has 5 heteroatoms. The molecule has 0 radical (unpaired) electrons. The van der Waals surface area contributed by atoms with Crippen LogP contribution in [0.5, 0.6) is 0 Å². The molecule has 0 aliphatic rings. The van der Waals surface area contributed by atoms with Crippen molar-refractivity contribution in [1.29, 1.82) is 0 Å². The third-order valence-electron chi connectivity index (χ3n) is 1.33. The first kappa shape index (κ1) is 9.54. The van der Waals surface area contributed by atoms with Crippen LogP contribution in [0.4, 0.5) is 0 Å². The monoisotopic (exact) mass is 198 g/mol. The number of hydrazine groups is 1. The van der Waals surface area contributed by atoms with Crippen molar-refractivity contribution in [1.82, 2.24) is 10.9 Å². The van der Waals surface area contributed by atoms with Gasteiger partial charge in [-0.05, 0) is 18.2 Å². The Bertz CT molecular complexity index is 328. The molecule has 0 atom stereocenters. The second-order valence-corrected chi connectivity index (χ2v) is 2.66. The molecule has 0 saturated heterocycles. The minimum Gasteiger partial charge on any atom is -0.277 e. The van der Waals surface area contributed by atoms with Crippen LogP contribution in [0.2, 0.25) is 5.02 Å². The van der Waals surface area contributed by atoms with Crippen molar-refractivity contribution in [2.24, 2.45) is 0 Å². The van der Waals surface area contributed by atoms with E-state index in [1.54, 1.807) is 18.2 Å². The first-order chi connectivity index (χ1) is 6.24. The molecule has 68 valence electrons. The number of hydrogen-bond donors (Lipinski definition) is 2. The van der Waals surface area contributed by atoms with Gasteiger partial charge < -0.3 is 0 Å². The summed E-state index contributed by atoms with van der Waals surface area (Å²) >= 11 is 5.65. The van der Waals surface area contributed by atoms with Crippen LogP contribution in [0.1, 0.15) is 10.4 Å². The maximum Gasteiger partial charge on any atom is 0.269 e. The van der Waals surface area contributed by atoms with Crippen LogP contribution in [-0.2, 0) is 4.79 Å². The highest BCUT2D eigenvalue weighted by atomic mass is 35.5. The average molecular weight is 199 g/mol. The van der Waals surface area contributed by atoms with Crippen molar-refractivity contribution in [2.75, 3.05) is 0 Å². The minimum absolute atomic E-state index is 0.377. The van der Waals surface area contributed by atoms with Gasteiger partial charge in [0.05, 0.1) is 0 Å². The molecule has 0 heterocycles. The van der Waals surface area contributed by atoms with E-state index in [-0.39, 0.29) is 0 Å². The third kappa shape index (κ3) is 2.76. The summed E-state index contributed by atoms with van der Waals surface area (Å²) in [6.45, 7) is 0. The SMILES string of the molecule is O=CNNC(=O)c1cccc(Cl)c1. The predicted molar refractivity (Wildman–Crippen MR) is 48.1 cm³/mol. The molecule has 0 bridgehead atoms. The van der Waals surface area contributed by atoms with Gasteiger partial charge in [-0.25, -0.2) is 0 Å². The zero-order chi connectivity index (χ0) is 9.68. The lowest BCUT2D eigenvalue weighted by atomic mass is 10.2. The molecular formula is C8H7ClN2O2. The number of amides is 2. The van der Waals surface area contributed by atoms with Crippen LogP contribution in [-0.4, -0.2) is 12.3 Å². The smallest absolute Gasteiger partial charge is 0.269 e. The minimum atomic E-state index is -0.408. The summed E-state index contributed by atoms with van der Waals surface area (Å²) < 4.78 is 0. The number of carbonyl (C=O) groups is 2. The maximum atomic E-state index is 11.2. The van der Waals surface area contributed by atoms with Gasteiger partial charge in [0, 0.05) is 10.6 Å². The summed E-state index contributed by atoms with van der Waals surface area (Å²) in [4.78, 5) is 21.0. The number of nitrogens with one attached hydrogen (secondary N) is 2. The van der Waals surface area contributed by atoms with Crippen LogP contribution in [0.15, 0.2) is 24.3 Å². The molecular weight excluding hydrogens is 192 g/mol. The summed E-state index contributed by atoms with van der Waals surface area (Å²) in [6, 6.07) is 6.40. The van der Waals surface area contributed by atoms with E-state index in [4.69, 9.17) is 11.6 Å². The van der Waals surface area contributed by atoms with Crippen LogP contribution in [0.25, 0.3) is 0 Å². The number of benzene rings is 1. The number of hydrogen-bond acceptors (Lipinski definition) is 2. The van der Waals surface area contributed by atoms with Crippen LogP contribution in [0, 0.1) is 0 Å². The first-order valence-corrected chi connectivity index (χ1v) is 3.87. The van der Waals surface area contributed by atoms with E-state index in [1.165, 1.54) is 6.07 Å². The summed E-state index contributed by atoms with van der Waals surface area (Å²) in [7, 11) is 0. The zero-order valence-electron chi connectivity index (χ0n) is 6.58. The Hall–Kier alpha value is -1.55. The van der Waals surface area contributed by atoms with E-state index >= 15 is 0 Å². The van der Waals surface area contributed by atoms with Gasteiger partial charge in [-0.2, -0.15) is 0 Å². The molecule has 0 aromatic heterocycles. The molecule has 0 spiro atoms. The molecule has 4 nitrogen and oxygen atoms in total. The van der Waals surface area contributed by atoms with Crippen LogP contribution in [0.3, 0.4) is 0 Å². The predicted octanol–water partition coefficient (Wildman–Crippen LogP) is 0.731. The number of rotatable bonds is 3. The van der Waals surface area contributed by atoms with Crippen molar-refractivity contribution >= 4 is 23.9 Å². The molecule has 0 fully saturated rings. The second-order valence-electron chi connectivity index (χ2n) is 2.23. The van der Waals surface area contributed by atoms with Gasteiger partial charge in [0.25, 0.3) is 5.91 Å². The molecule has 1 rings (SSSR count). The van der Waals surface area contributed by atoms with Crippen LogP contribution < -0.4 is 10.9 Å². The van der Waals surface area contributed by atoms with Gasteiger partial charge in [-0.1, -0.05) is 17.7 Å². The molecule has 0 aliphatic heterocycles. The Kier molecular flexibility index (Phi) is 3.28. The highest BCUT2D eigenvalue weighted by molar-refractivity contribution is 6.30.